The summed E-state index contributed by atoms with van der Waals surface area (Å²) < 4.78 is 17.1. The molecule has 0 amide bonds. The van der Waals surface area contributed by atoms with E-state index in [4.69, 9.17) is 14.2 Å². The van der Waals surface area contributed by atoms with E-state index in [0.717, 1.165) is 57.8 Å². The predicted octanol–water partition coefficient (Wildman–Crippen LogP) is 26.2. The molecule has 0 bridgehead atoms. The van der Waals surface area contributed by atoms with E-state index in [-0.39, 0.29) is 31.1 Å². The van der Waals surface area contributed by atoms with E-state index < -0.39 is 6.10 Å². The van der Waals surface area contributed by atoms with Gasteiger partial charge in [0.1, 0.15) is 13.2 Å². The summed E-state index contributed by atoms with van der Waals surface area (Å²) in [5.74, 6) is -0.814. The zero-order valence-electron chi connectivity index (χ0n) is 56.3. The first-order chi connectivity index (χ1) is 40.5. The minimum Gasteiger partial charge on any atom is -0.462 e. The van der Waals surface area contributed by atoms with Crippen molar-refractivity contribution in [3.63, 3.8) is 0 Å². The number of ether oxygens (including phenoxy) is 3. The smallest absolute Gasteiger partial charge is 0.306 e. The zero-order valence-corrected chi connectivity index (χ0v) is 56.3. The van der Waals surface area contributed by atoms with Crippen LogP contribution >= 0.6 is 0 Å². The number of esters is 3. The molecule has 0 aromatic rings. The monoisotopic (exact) mass is 1160 g/mol. The van der Waals surface area contributed by atoms with Gasteiger partial charge in [-0.3, -0.25) is 14.4 Å². The Morgan fingerprint density at radius 1 is 0.195 bits per heavy atom. The zero-order chi connectivity index (χ0) is 59.2. The molecule has 0 saturated heterocycles. The van der Waals surface area contributed by atoms with Crippen LogP contribution in [0.15, 0.2) is 0 Å². The molecule has 6 heteroatoms. The molecule has 0 aromatic heterocycles. The van der Waals surface area contributed by atoms with Crippen LogP contribution in [-0.2, 0) is 28.6 Å². The third kappa shape index (κ3) is 69.2. The fraction of sp³-hybridized carbons (Fsp3) is 0.961. The Kier molecular flexibility index (Phi) is 70.5. The van der Waals surface area contributed by atoms with E-state index >= 15 is 0 Å². The van der Waals surface area contributed by atoms with E-state index in [1.54, 1.807) is 0 Å². The topological polar surface area (TPSA) is 78.9 Å². The van der Waals surface area contributed by atoms with Gasteiger partial charge in [0, 0.05) is 19.3 Å². The summed E-state index contributed by atoms with van der Waals surface area (Å²) in [7, 11) is 0. The lowest BCUT2D eigenvalue weighted by molar-refractivity contribution is -0.167. The summed E-state index contributed by atoms with van der Waals surface area (Å²) in [5.41, 5.74) is 0. The molecule has 0 aliphatic heterocycles. The van der Waals surface area contributed by atoms with Crippen LogP contribution in [0.5, 0.6) is 0 Å². The van der Waals surface area contributed by atoms with Crippen LogP contribution in [0.4, 0.5) is 0 Å². The number of hydrogen-bond donors (Lipinski definition) is 0. The van der Waals surface area contributed by atoms with E-state index in [0.29, 0.717) is 19.3 Å². The highest BCUT2D eigenvalue weighted by Gasteiger charge is 2.20. The molecule has 0 N–H and O–H groups in total. The summed E-state index contributed by atoms with van der Waals surface area (Å²) in [5, 5.41) is 0. The molecular weight excluding hydrogens is 1010 g/mol. The highest BCUT2D eigenvalue weighted by atomic mass is 16.6. The maximum atomic E-state index is 13.0. The molecule has 0 saturated carbocycles. The fourth-order valence-corrected chi connectivity index (χ4v) is 12.2. The van der Waals surface area contributed by atoms with E-state index in [1.165, 1.54) is 353 Å². The average Bonchev–Trinajstić information content (AvgIpc) is 3.47. The van der Waals surface area contributed by atoms with Gasteiger partial charge in [0.15, 0.2) is 6.10 Å². The molecule has 0 aromatic carbocycles. The van der Waals surface area contributed by atoms with E-state index in [2.05, 4.69) is 20.8 Å². The van der Waals surface area contributed by atoms with Crippen molar-refractivity contribution in [3.8, 4) is 0 Å². The first-order valence-electron chi connectivity index (χ1n) is 38.0. The Labute approximate surface area is 514 Å². The highest BCUT2D eigenvalue weighted by Crippen LogP contribution is 2.20. The molecule has 1 atom stereocenters. The van der Waals surface area contributed by atoms with E-state index in [1.807, 2.05) is 0 Å². The van der Waals surface area contributed by atoms with Crippen molar-refractivity contribution in [2.45, 2.75) is 457 Å². The first-order valence-corrected chi connectivity index (χ1v) is 38.0. The molecule has 1 unspecified atom stereocenters. The van der Waals surface area contributed by atoms with Crippen molar-refractivity contribution in [1.82, 2.24) is 0 Å². The molecule has 0 radical (unpaired) electrons. The second-order valence-corrected chi connectivity index (χ2v) is 26.3. The lowest BCUT2D eigenvalue weighted by Gasteiger charge is -2.18. The lowest BCUT2D eigenvalue weighted by atomic mass is 10.0. The van der Waals surface area contributed by atoms with Crippen LogP contribution in [0.25, 0.3) is 0 Å². The fourth-order valence-electron chi connectivity index (χ4n) is 12.2. The van der Waals surface area contributed by atoms with Crippen LogP contribution in [0, 0.1) is 0 Å². The second kappa shape index (κ2) is 71.9. The summed E-state index contributed by atoms with van der Waals surface area (Å²) in [4.78, 5) is 38.5. The average molecular weight is 1160 g/mol. The Balaban J connectivity index is 4.19. The third-order valence-corrected chi connectivity index (χ3v) is 17.9. The number of unbranched alkanes of at least 4 members (excludes halogenated alkanes) is 61. The van der Waals surface area contributed by atoms with Gasteiger partial charge < -0.3 is 14.2 Å². The van der Waals surface area contributed by atoms with Gasteiger partial charge in [-0.15, -0.1) is 0 Å². The van der Waals surface area contributed by atoms with Crippen LogP contribution < -0.4 is 0 Å². The third-order valence-electron chi connectivity index (χ3n) is 17.9. The van der Waals surface area contributed by atoms with Gasteiger partial charge in [-0.05, 0) is 19.3 Å². The summed E-state index contributed by atoms with van der Waals surface area (Å²) in [6.45, 7) is 6.76. The van der Waals surface area contributed by atoms with Crippen molar-refractivity contribution in [3.05, 3.63) is 0 Å². The van der Waals surface area contributed by atoms with Crippen molar-refractivity contribution >= 4 is 17.9 Å². The first kappa shape index (κ1) is 80.4. The lowest BCUT2D eigenvalue weighted by Crippen LogP contribution is -2.30. The summed E-state index contributed by atoms with van der Waals surface area (Å²) >= 11 is 0. The van der Waals surface area contributed by atoms with E-state index in [9.17, 15) is 14.4 Å². The SMILES string of the molecule is CCCCCCCCCCCCCCCCCCCCCCCCCCCCCCC(=O)OCC(COC(=O)CCCCCCCCCCCCCCCCCCCC)OC(=O)CCCCCCCCCCCCCCCCCCCC. The van der Waals surface area contributed by atoms with Crippen molar-refractivity contribution in [2.75, 3.05) is 13.2 Å². The number of carbonyl (C=O) groups excluding carboxylic acids is 3. The molecule has 0 aliphatic rings. The van der Waals surface area contributed by atoms with Gasteiger partial charge in [0.2, 0.25) is 0 Å². The predicted molar refractivity (Wildman–Crippen MR) is 358 cm³/mol. The maximum absolute atomic E-state index is 13.0. The van der Waals surface area contributed by atoms with Gasteiger partial charge in [0.25, 0.3) is 0 Å². The van der Waals surface area contributed by atoms with Gasteiger partial charge in [0.05, 0.1) is 0 Å². The number of hydrogen-bond acceptors (Lipinski definition) is 6. The quantitative estimate of drug-likeness (QED) is 0.0343. The van der Waals surface area contributed by atoms with Crippen molar-refractivity contribution < 1.29 is 28.6 Å². The molecule has 82 heavy (non-hydrogen) atoms. The van der Waals surface area contributed by atoms with Gasteiger partial charge >= 0.3 is 17.9 Å². The summed E-state index contributed by atoms with van der Waals surface area (Å²) in [6, 6.07) is 0. The van der Waals surface area contributed by atoms with Crippen LogP contribution in [0.2, 0.25) is 0 Å². The molecule has 0 rings (SSSR count). The number of carbonyl (C=O) groups is 3. The van der Waals surface area contributed by atoms with Gasteiger partial charge in [-0.25, -0.2) is 0 Å². The van der Waals surface area contributed by atoms with Gasteiger partial charge in [-0.2, -0.15) is 0 Å². The van der Waals surface area contributed by atoms with Crippen molar-refractivity contribution in [1.29, 1.82) is 0 Å². The second-order valence-electron chi connectivity index (χ2n) is 26.3. The largest absolute Gasteiger partial charge is 0.462 e. The maximum Gasteiger partial charge on any atom is 0.306 e. The Morgan fingerprint density at radius 3 is 0.488 bits per heavy atom. The van der Waals surface area contributed by atoms with Crippen LogP contribution in [-0.4, -0.2) is 37.2 Å². The molecule has 0 heterocycles. The molecular formula is C76H148O6. The molecule has 488 valence electrons. The Morgan fingerprint density at radius 2 is 0.329 bits per heavy atom. The minimum atomic E-state index is -0.764. The normalized spacial score (nSPS) is 11.9. The molecule has 0 spiro atoms. The highest BCUT2D eigenvalue weighted by molar-refractivity contribution is 5.71. The molecule has 0 fully saturated rings. The van der Waals surface area contributed by atoms with Gasteiger partial charge in [-0.1, -0.05) is 412 Å². The number of rotatable bonds is 72. The standard InChI is InChI=1S/C76H148O6/c1-4-7-10-13-16-19-22-25-28-31-34-35-36-37-38-39-40-41-42-43-46-48-51-54-57-60-63-66-69-75(78)81-72-73(82-76(79)70-67-64-61-58-55-52-49-45-33-30-27-24-21-18-15-12-9-6-3)71-80-74(77)68-65-62-59-56-53-50-47-44-32-29-26-23-20-17-14-11-8-5-2/h73H,4-72H2,1-3H3. The van der Waals surface area contributed by atoms with Crippen LogP contribution in [0.1, 0.15) is 451 Å². The molecule has 0 aliphatic carbocycles. The Bertz CT molecular complexity index is 1240. The summed E-state index contributed by atoms with van der Waals surface area (Å²) in [6.07, 6.45) is 85.8. The Hall–Kier alpha value is -1.59. The minimum absolute atomic E-state index is 0.0598. The molecule has 6 nitrogen and oxygen atoms in total. The van der Waals surface area contributed by atoms with Crippen molar-refractivity contribution in [2.24, 2.45) is 0 Å². The van der Waals surface area contributed by atoms with Crippen LogP contribution in [0.3, 0.4) is 0 Å².